The lowest BCUT2D eigenvalue weighted by Crippen LogP contribution is -2.40. The van der Waals surface area contributed by atoms with Gasteiger partial charge in [-0.25, -0.2) is 0 Å². The molecular formula is C17H26N2. The van der Waals surface area contributed by atoms with E-state index >= 15 is 0 Å². The molecule has 0 aromatic heterocycles. The van der Waals surface area contributed by atoms with Crippen molar-refractivity contribution in [3.05, 3.63) is 29.8 Å². The predicted molar refractivity (Wildman–Crippen MR) is 81.0 cm³/mol. The van der Waals surface area contributed by atoms with Gasteiger partial charge in [0.2, 0.25) is 0 Å². The lowest BCUT2D eigenvalue weighted by molar-refractivity contribution is 0.0814. The number of anilines is 1. The van der Waals surface area contributed by atoms with Crippen LogP contribution >= 0.6 is 0 Å². The van der Waals surface area contributed by atoms with Crippen LogP contribution in [-0.2, 0) is 0 Å². The van der Waals surface area contributed by atoms with Gasteiger partial charge in [-0.3, -0.25) is 4.90 Å². The molecular weight excluding hydrogens is 232 g/mol. The summed E-state index contributed by atoms with van der Waals surface area (Å²) < 4.78 is 0. The maximum absolute atomic E-state index is 5.77. The SMILES string of the molecule is CC(c1ccc(N)cc1)N1CCC2(CCCC2)CC1. The molecule has 1 unspecified atom stereocenters. The monoisotopic (exact) mass is 258 g/mol. The number of hydrogen-bond donors (Lipinski definition) is 1. The van der Waals surface area contributed by atoms with Gasteiger partial charge in [-0.1, -0.05) is 25.0 Å². The first kappa shape index (κ1) is 13.0. The number of piperidine rings is 1. The van der Waals surface area contributed by atoms with Gasteiger partial charge >= 0.3 is 0 Å². The summed E-state index contributed by atoms with van der Waals surface area (Å²) in [5.74, 6) is 0. The maximum Gasteiger partial charge on any atom is 0.0319 e. The molecule has 1 aliphatic heterocycles. The fraction of sp³-hybridized carbons (Fsp3) is 0.647. The molecule has 2 N–H and O–H groups in total. The lowest BCUT2D eigenvalue weighted by atomic mass is 9.76. The second-order valence-electron chi connectivity index (χ2n) is 6.59. The summed E-state index contributed by atoms with van der Waals surface area (Å²) in [4.78, 5) is 2.65. The van der Waals surface area contributed by atoms with Gasteiger partial charge in [0, 0.05) is 11.7 Å². The molecule has 2 fully saturated rings. The standard InChI is InChI=1S/C17H26N2/c1-14(15-4-6-16(18)7-5-15)19-12-10-17(11-13-19)8-2-3-9-17/h4-7,14H,2-3,8-13,18H2,1H3. The van der Waals surface area contributed by atoms with Crippen LogP contribution in [0.15, 0.2) is 24.3 Å². The van der Waals surface area contributed by atoms with Gasteiger partial charge in [0.15, 0.2) is 0 Å². The van der Waals surface area contributed by atoms with Crippen LogP contribution in [0.3, 0.4) is 0 Å². The predicted octanol–water partition coefficient (Wildman–Crippen LogP) is 3.99. The van der Waals surface area contributed by atoms with Crippen LogP contribution < -0.4 is 5.73 Å². The van der Waals surface area contributed by atoms with Crippen LogP contribution in [0, 0.1) is 5.41 Å². The quantitative estimate of drug-likeness (QED) is 0.813. The molecule has 3 rings (SSSR count). The third-order valence-corrected chi connectivity index (χ3v) is 5.49. The summed E-state index contributed by atoms with van der Waals surface area (Å²) in [5.41, 5.74) is 8.75. The molecule has 1 aliphatic carbocycles. The van der Waals surface area contributed by atoms with E-state index in [-0.39, 0.29) is 0 Å². The van der Waals surface area contributed by atoms with Crippen molar-refractivity contribution >= 4 is 5.69 Å². The highest BCUT2D eigenvalue weighted by atomic mass is 15.2. The van der Waals surface area contributed by atoms with E-state index in [1.54, 1.807) is 0 Å². The average Bonchev–Trinajstić information content (AvgIpc) is 2.88. The molecule has 1 aromatic carbocycles. The Morgan fingerprint density at radius 1 is 1.00 bits per heavy atom. The Labute approximate surface area is 117 Å². The molecule has 1 aromatic rings. The van der Waals surface area contributed by atoms with Gasteiger partial charge in [-0.2, -0.15) is 0 Å². The summed E-state index contributed by atoms with van der Waals surface area (Å²) >= 11 is 0. The van der Waals surface area contributed by atoms with E-state index in [0.717, 1.165) is 11.1 Å². The minimum absolute atomic E-state index is 0.527. The average molecular weight is 258 g/mol. The number of rotatable bonds is 2. The molecule has 2 heteroatoms. The highest BCUT2D eigenvalue weighted by Crippen LogP contribution is 2.47. The first-order valence-corrected chi connectivity index (χ1v) is 7.78. The third kappa shape index (κ3) is 2.64. The van der Waals surface area contributed by atoms with E-state index in [2.05, 4.69) is 24.0 Å². The Hall–Kier alpha value is -1.02. The largest absolute Gasteiger partial charge is 0.399 e. The number of likely N-dealkylation sites (tertiary alicyclic amines) is 1. The molecule has 2 aliphatic rings. The Morgan fingerprint density at radius 3 is 2.16 bits per heavy atom. The molecule has 1 atom stereocenters. The summed E-state index contributed by atoms with van der Waals surface area (Å²) in [6.07, 6.45) is 8.72. The fourth-order valence-electron chi connectivity index (χ4n) is 4.00. The van der Waals surface area contributed by atoms with Crippen LogP contribution in [0.2, 0.25) is 0 Å². The van der Waals surface area contributed by atoms with E-state index in [1.165, 1.54) is 57.2 Å². The van der Waals surface area contributed by atoms with Crippen molar-refractivity contribution in [2.24, 2.45) is 5.41 Å². The van der Waals surface area contributed by atoms with Crippen molar-refractivity contribution in [1.82, 2.24) is 4.90 Å². The van der Waals surface area contributed by atoms with Crippen LogP contribution in [0.1, 0.15) is 57.1 Å². The topological polar surface area (TPSA) is 29.3 Å². The van der Waals surface area contributed by atoms with E-state index in [9.17, 15) is 0 Å². The maximum atomic E-state index is 5.77. The van der Waals surface area contributed by atoms with Gasteiger partial charge in [0.05, 0.1) is 0 Å². The van der Waals surface area contributed by atoms with Gasteiger partial charge in [0.1, 0.15) is 0 Å². The number of hydrogen-bond acceptors (Lipinski definition) is 2. The number of nitrogens with zero attached hydrogens (tertiary/aromatic N) is 1. The van der Waals surface area contributed by atoms with Gasteiger partial charge in [0.25, 0.3) is 0 Å². The number of nitrogens with two attached hydrogens (primary N) is 1. The minimum atomic E-state index is 0.527. The van der Waals surface area contributed by atoms with Crippen LogP contribution in [-0.4, -0.2) is 18.0 Å². The fourth-order valence-corrected chi connectivity index (χ4v) is 4.00. The smallest absolute Gasteiger partial charge is 0.0319 e. The normalized spacial score (nSPS) is 24.7. The van der Waals surface area contributed by atoms with E-state index in [1.807, 2.05) is 12.1 Å². The zero-order valence-electron chi connectivity index (χ0n) is 12.1. The first-order chi connectivity index (χ1) is 9.19. The number of nitrogen functional groups attached to an aromatic ring is 1. The Bertz CT molecular complexity index is 407. The molecule has 0 bridgehead atoms. The van der Waals surface area contributed by atoms with E-state index in [4.69, 9.17) is 5.73 Å². The molecule has 0 radical (unpaired) electrons. The molecule has 1 saturated heterocycles. The lowest BCUT2D eigenvalue weighted by Gasteiger charge is -2.42. The van der Waals surface area contributed by atoms with Gasteiger partial charge in [-0.05, 0) is 68.8 Å². The van der Waals surface area contributed by atoms with E-state index < -0.39 is 0 Å². The Kier molecular flexibility index (Phi) is 3.53. The molecule has 19 heavy (non-hydrogen) atoms. The van der Waals surface area contributed by atoms with Crippen molar-refractivity contribution in [2.75, 3.05) is 18.8 Å². The second-order valence-corrected chi connectivity index (χ2v) is 6.59. The molecule has 104 valence electrons. The summed E-state index contributed by atoms with van der Waals surface area (Å²) in [6, 6.07) is 8.93. The zero-order valence-corrected chi connectivity index (χ0v) is 12.1. The van der Waals surface area contributed by atoms with Crippen molar-refractivity contribution < 1.29 is 0 Å². The van der Waals surface area contributed by atoms with Crippen LogP contribution in [0.25, 0.3) is 0 Å². The van der Waals surface area contributed by atoms with Crippen LogP contribution in [0.4, 0.5) is 5.69 Å². The second kappa shape index (κ2) is 5.16. The molecule has 1 spiro atoms. The van der Waals surface area contributed by atoms with Crippen molar-refractivity contribution in [3.8, 4) is 0 Å². The van der Waals surface area contributed by atoms with Crippen molar-refractivity contribution in [1.29, 1.82) is 0 Å². The van der Waals surface area contributed by atoms with Crippen molar-refractivity contribution in [2.45, 2.75) is 51.5 Å². The summed E-state index contributed by atoms with van der Waals surface area (Å²) in [7, 11) is 0. The first-order valence-electron chi connectivity index (χ1n) is 7.78. The van der Waals surface area contributed by atoms with Gasteiger partial charge < -0.3 is 5.73 Å². The molecule has 2 nitrogen and oxygen atoms in total. The highest BCUT2D eigenvalue weighted by molar-refractivity contribution is 5.40. The van der Waals surface area contributed by atoms with Crippen molar-refractivity contribution in [3.63, 3.8) is 0 Å². The minimum Gasteiger partial charge on any atom is -0.399 e. The third-order valence-electron chi connectivity index (χ3n) is 5.49. The summed E-state index contributed by atoms with van der Waals surface area (Å²) in [5, 5.41) is 0. The summed E-state index contributed by atoms with van der Waals surface area (Å²) in [6.45, 7) is 4.87. The van der Waals surface area contributed by atoms with Crippen LogP contribution in [0.5, 0.6) is 0 Å². The number of benzene rings is 1. The van der Waals surface area contributed by atoms with Gasteiger partial charge in [-0.15, -0.1) is 0 Å². The molecule has 1 saturated carbocycles. The molecule has 0 amide bonds. The highest BCUT2D eigenvalue weighted by Gasteiger charge is 2.37. The zero-order chi connectivity index (χ0) is 13.3. The van der Waals surface area contributed by atoms with E-state index in [0.29, 0.717) is 6.04 Å². The Balaban J connectivity index is 1.63. The Morgan fingerprint density at radius 2 is 1.58 bits per heavy atom. The molecule has 1 heterocycles.